The number of benzene rings is 3. The summed E-state index contributed by atoms with van der Waals surface area (Å²) < 4.78 is 55.4. The van der Waals surface area contributed by atoms with E-state index in [4.69, 9.17) is 0 Å². The second-order valence-electron chi connectivity index (χ2n) is 10.6. The summed E-state index contributed by atoms with van der Waals surface area (Å²) in [5, 5.41) is 6.18. The maximum atomic E-state index is 15.6. The van der Waals surface area contributed by atoms with Gasteiger partial charge in [-0.05, 0) is 42.0 Å². The first-order valence-electron chi connectivity index (χ1n) is 13.4. The van der Waals surface area contributed by atoms with Gasteiger partial charge in [0, 0.05) is 71.8 Å². The zero-order chi connectivity index (χ0) is 30.5. The average molecular weight is 604 g/mol. The molecule has 1 unspecified atom stereocenters. The number of amides is 2. The fraction of sp³-hybridized carbons (Fsp3) is 0.161. The molecular weight excluding hydrogens is 576 g/mol. The predicted molar refractivity (Wildman–Crippen MR) is 162 cm³/mol. The van der Waals surface area contributed by atoms with Crippen molar-refractivity contribution in [3.8, 4) is 11.1 Å². The first-order valence-corrected chi connectivity index (χ1v) is 15.4. The summed E-state index contributed by atoms with van der Waals surface area (Å²) in [6.07, 6.45) is 4.44. The fourth-order valence-electron chi connectivity index (χ4n) is 5.63. The van der Waals surface area contributed by atoms with Gasteiger partial charge >= 0.3 is 6.03 Å². The van der Waals surface area contributed by atoms with Crippen molar-refractivity contribution in [1.82, 2.24) is 14.9 Å². The molecule has 9 nitrogen and oxygen atoms in total. The van der Waals surface area contributed by atoms with Crippen molar-refractivity contribution in [3.63, 3.8) is 0 Å². The number of nitrogens with one attached hydrogen (secondary N) is 3. The van der Waals surface area contributed by atoms with Crippen LogP contribution in [0.2, 0.25) is 0 Å². The lowest BCUT2D eigenvalue weighted by Crippen LogP contribution is -2.38. The number of H-pyrrole nitrogens is 1. The number of carbonyl (C=O) groups is 1. The number of aryl methyl sites for hydroxylation is 1. The van der Waals surface area contributed by atoms with E-state index in [1.54, 1.807) is 66.8 Å². The molecule has 2 aromatic heterocycles. The van der Waals surface area contributed by atoms with Crippen LogP contribution < -0.4 is 21.1 Å². The van der Waals surface area contributed by atoms with Gasteiger partial charge in [-0.1, -0.05) is 24.3 Å². The third-order valence-corrected chi connectivity index (χ3v) is 8.26. The Morgan fingerprint density at radius 1 is 1.00 bits per heavy atom. The minimum atomic E-state index is -3.39. The van der Waals surface area contributed by atoms with Crippen LogP contribution in [0.5, 0.6) is 0 Å². The first kappa shape index (κ1) is 28.2. The number of pyridine rings is 1. The van der Waals surface area contributed by atoms with E-state index >= 15 is 4.39 Å². The van der Waals surface area contributed by atoms with Crippen molar-refractivity contribution in [1.29, 1.82) is 0 Å². The highest BCUT2D eigenvalue weighted by Crippen LogP contribution is 2.48. The number of sulfone groups is 1. The molecule has 0 aliphatic carbocycles. The van der Waals surface area contributed by atoms with Crippen molar-refractivity contribution >= 4 is 43.8 Å². The van der Waals surface area contributed by atoms with Gasteiger partial charge in [0.25, 0.3) is 5.56 Å². The van der Waals surface area contributed by atoms with Gasteiger partial charge in [-0.25, -0.2) is 22.0 Å². The molecule has 3 N–H and O–H groups in total. The minimum absolute atomic E-state index is 0.0302. The largest absolute Gasteiger partial charge is 0.356 e. The Morgan fingerprint density at radius 3 is 2.47 bits per heavy atom. The normalized spacial score (nSPS) is 14.3. The van der Waals surface area contributed by atoms with Crippen molar-refractivity contribution < 1.29 is 22.0 Å². The van der Waals surface area contributed by atoms with Gasteiger partial charge in [0.1, 0.15) is 17.2 Å². The number of para-hydroxylation sites is 1. The summed E-state index contributed by atoms with van der Waals surface area (Å²) in [5.41, 5.74) is 3.33. The van der Waals surface area contributed by atoms with Crippen molar-refractivity contribution in [2.24, 2.45) is 7.05 Å². The predicted octanol–water partition coefficient (Wildman–Crippen LogP) is 5.37. The summed E-state index contributed by atoms with van der Waals surface area (Å²) in [6, 6.07) is 15.8. The van der Waals surface area contributed by atoms with E-state index in [1.165, 1.54) is 10.6 Å². The molecule has 220 valence electrons. The van der Waals surface area contributed by atoms with E-state index in [0.717, 1.165) is 18.4 Å². The number of hydrogen-bond acceptors (Lipinski definition) is 5. The molecule has 0 saturated heterocycles. The molecule has 0 saturated carbocycles. The van der Waals surface area contributed by atoms with E-state index in [9.17, 15) is 22.4 Å². The number of carbonyl (C=O) groups excluding carboxylic acids is 1. The van der Waals surface area contributed by atoms with Crippen LogP contribution in [0.1, 0.15) is 17.2 Å². The van der Waals surface area contributed by atoms with Crippen molar-refractivity contribution in [2.45, 2.75) is 11.8 Å². The molecule has 0 radical (unpaired) electrons. The Morgan fingerprint density at radius 2 is 1.74 bits per heavy atom. The van der Waals surface area contributed by atoms with Gasteiger partial charge in [-0.15, -0.1) is 0 Å². The lowest BCUT2D eigenvalue weighted by Gasteiger charge is -2.34. The van der Waals surface area contributed by atoms with E-state index < -0.39 is 33.5 Å². The smallest absolute Gasteiger partial charge is 0.319 e. The Balaban J connectivity index is 1.57. The molecule has 43 heavy (non-hydrogen) atoms. The number of nitrogens with zero attached hydrogens (tertiary/aromatic N) is 2. The van der Waals surface area contributed by atoms with Crippen LogP contribution in [-0.2, 0) is 22.6 Å². The zero-order valence-electron chi connectivity index (χ0n) is 23.2. The van der Waals surface area contributed by atoms with Crippen molar-refractivity contribution in [2.75, 3.05) is 23.0 Å². The maximum absolute atomic E-state index is 15.6. The summed E-state index contributed by atoms with van der Waals surface area (Å²) in [4.78, 5) is 30.8. The monoisotopic (exact) mass is 603 g/mol. The Kier molecular flexibility index (Phi) is 7.01. The highest BCUT2D eigenvalue weighted by atomic mass is 32.2. The van der Waals surface area contributed by atoms with Gasteiger partial charge < -0.3 is 25.1 Å². The molecule has 0 spiro atoms. The number of hydrogen-bond donors (Lipinski definition) is 3. The third kappa shape index (κ3) is 5.37. The minimum Gasteiger partial charge on any atom is -0.356 e. The Hall–Kier alpha value is -4.97. The fourth-order valence-corrected chi connectivity index (χ4v) is 6.41. The van der Waals surface area contributed by atoms with E-state index in [1.807, 2.05) is 6.07 Å². The highest BCUT2D eigenvalue weighted by molar-refractivity contribution is 7.89. The second-order valence-corrected chi connectivity index (χ2v) is 12.7. The van der Waals surface area contributed by atoms with Crippen LogP contribution in [0.3, 0.4) is 0 Å². The number of fused-ring (bicyclic) bond motifs is 2. The second kappa shape index (κ2) is 10.7. The number of rotatable bonds is 6. The van der Waals surface area contributed by atoms with Gasteiger partial charge in [-0.3, -0.25) is 4.79 Å². The molecule has 2 amide bonds. The summed E-state index contributed by atoms with van der Waals surface area (Å²) in [6.45, 7) is -0.0401. The Labute approximate surface area is 245 Å². The van der Waals surface area contributed by atoms with Crippen LogP contribution in [0.4, 0.5) is 30.6 Å². The van der Waals surface area contributed by atoms with Crippen LogP contribution in [0.25, 0.3) is 22.0 Å². The standard InChI is InChI=1S/C31H27F2N5O4S/c1-37-16-23-21-12-18(17-43(2,41)42)8-10-25(21)38(26-11-9-19(32)13-24(26)33)27(22-14-34-29(28(22)23)30(37)39)15-35-31(40)36-20-6-4-3-5-7-20/h3-14,16,27,34H,15,17H2,1-2H3,(H2,35,36,40). The first-order chi connectivity index (χ1) is 20.5. The van der Waals surface area contributed by atoms with Crippen LogP contribution in [0.15, 0.2) is 83.9 Å². The molecule has 3 aromatic carbocycles. The van der Waals surface area contributed by atoms with Gasteiger partial charge in [0.05, 0.1) is 17.5 Å². The number of aromatic amines is 1. The maximum Gasteiger partial charge on any atom is 0.319 e. The number of anilines is 3. The van der Waals surface area contributed by atoms with Gasteiger partial charge in [0.2, 0.25) is 0 Å². The highest BCUT2D eigenvalue weighted by Gasteiger charge is 2.34. The Bertz CT molecular complexity index is 2060. The van der Waals surface area contributed by atoms with E-state index in [0.29, 0.717) is 44.5 Å². The number of halogens is 2. The quantitative estimate of drug-likeness (QED) is 0.241. The topological polar surface area (TPSA) is 116 Å². The summed E-state index contributed by atoms with van der Waals surface area (Å²) in [7, 11) is -1.79. The molecule has 1 aliphatic rings. The van der Waals surface area contributed by atoms with Crippen molar-refractivity contribution in [3.05, 3.63) is 112 Å². The molecule has 6 rings (SSSR count). The number of urea groups is 1. The van der Waals surface area contributed by atoms with Crippen LogP contribution in [-0.4, -0.2) is 36.8 Å². The lowest BCUT2D eigenvalue weighted by atomic mass is 9.98. The summed E-state index contributed by atoms with van der Waals surface area (Å²) >= 11 is 0. The van der Waals surface area contributed by atoms with E-state index in [-0.39, 0.29) is 23.5 Å². The van der Waals surface area contributed by atoms with Crippen LogP contribution in [0, 0.1) is 11.6 Å². The molecule has 1 aliphatic heterocycles. The number of aromatic nitrogens is 2. The molecular formula is C31H27F2N5O4S. The van der Waals surface area contributed by atoms with E-state index in [2.05, 4.69) is 15.6 Å². The SMILES string of the molecule is Cn1cc2c3c(c[nH]c3c1=O)C(CNC(=O)Nc1ccccc1)N(c1ccc(F)cc1F)c1ccc(CS(C)(=O)=O)cc1-2. The third-order valence-electron chi connectivity index (χ3n) is 7.40. The zero-order valence-corrected chi connectivity index (χ0v) is 24.0. The molecule has 5 aromatic rings. The van der Waals surface area contributed by atoms with Gasteiger partial charge in [0.15, 0.2) is 9.84 Å². The average Bonchev–Trinajstić information content (AvgIpc) is 3.35. The summed E-state index contributed by atoms with van der Waals surface area (Å²) in [5.74, 6) is -1.82. The molecule has 3 heterocycles. The van der Waals surface area contributed by atoms with Gasteiger partial charge in [-0.2, -0.15) is 0 Å². The molecule has 0 fully saturated rings. The lowest BCUT2D eigenvalue weighted by molar-refractivity contribution is 0.251. The molecule has 0 bridgehead atoms. The molecule has 1 atom stereocenters. The molecule has 12 heteroatoms. The van der Waals surface area contributed by atoms with Crippen LogP contribution >= 0.6 is 0 Å².